The van der Waals surface area contributed by atoms with E-state index >= 15 is 0 Å². The average molecular weight is 355 g/mol. The maximum atomic E-state index is 13.0. The Morgan fingerprint density at radius 3 is 2.71 bits per heavy atom. The summed E-state index contributed by atoms with van der Waals surface area (Å²) in [6, 6.07) is 11.8. The molecule has 24 heavy (non-hydrogen) atoms. The third-order valence-corrected chi connectivity index (χ3v) is 4.83. The van der Waals surface area contributed by atoms with Crippen LogP contribution in [0.2, 0.25) is 0 Å². The van der Waals surface area contributed by atoms with Crippen molar-refractivity contribution in [1.82, 2.24) is 4.98 Å². The van der Waals surface area contributed by atoms with Gasteiger partial charge in [0.1, 0.15) is 17.5 Å². The predicted molar refractivity (Wildman–Crippen MR) is 94.0 cm³/mol. The minimum Gasteiger partial charge on any atom is -0.297 e. The first-order valence-electron chi connectivity index (χ1n) is 6.84. The number of amides is 1. The van der Waals surface area contributed by atoms with Gasteiger partial charge in [-0.3, -0.25) is 10.1 Å². The molecular formula is C17H10FN3OS2. The normalized spacial score (nSPS) is 11.1. The predicted octanol–water partition coefficient (Wildman–Crippen LogP) is 4.56. The van der Waals surface area contributed by atoms with Crippen LogP contribution in [0.4, 0.5) is 9.52 Å². The van der Waals surface area contributed by atoms with Crippen LogP contribution < -0.4 is 5.32 Å². The fraction of sp³-hybridized carbons (Fsp3) is 0. The number of thiazole rings is 1. The molecule has 2 aromatic heterocycles. The van der Waals surface area contributed by atoms with E-state index in [0.29, 0.717) is 5.13 Å². The van der Waals surface area contributed by atoms with Crippen LogP contribution in [0, 0.1) is 17.1 Å². The molecule has 1 amide bonds. The van der Waals surface area contributed by atoms with E-state index in [1.807, 2.05) is 18.2 Å². The number of carbonyl (C=O) groups excluding carboxylic acids is 1. The highest BCUT2D eigenvalue weighted by molar-refractivity contribution is 7.16. The highest BCUT2D eigenvalue weighted by atomic mass is 32.1. The number of aromatic nitrogens is 1. The lowest BCUT2D eigenvalue weighted by Gasteiger charge is -1.99. The number of rotatable bonds is 4. The van der Waals surface area contributed by atoms with E-state index in [0.717, 1.165) is 15.3 Å². The van der Waals surface area contributed by atoms with Crippen molar-refractivity contribution < 1.29 is 9.18 Å². The fourth-order valence-electron chi connectivity index (χ4n) is 1.94. The van der Waals surface area contributed by atoms with Crippen molar-refractivity contribution in [2.45, 2.75) is 0 Å². The Bertz CT molecular complexity index is 922. The largest absolute Gasteiger partial charge is 0.297 e. The minimum absolute atomic E-state index is 0.00212. The molecule has 3 aromatic rings. The van der Waals surface area contributed by atoms with Gasteiger partial charge < -0.3 is 0 Å². The van der Waals surface area contributed by atoms with Crippen molar-refractivity contribution in [3.63, 3.8) is 0 Å². The molecule has 0 spiro atoms. The molecule has 0 fully saturated rings. The second-order valence-corrected chi connectivity index (χ2v) is 6.68. The van der Waals surface area contributed by atoms with Crippen LogP contribution in [-0.4, -0.2) is 10.9 Å². The number of nitrogens with zero attached hydrogens (tertiary/aromatic N) is 2. The van der Waals surface area contributed by atoms with Gasteiger partial charge in [-0.15, -0.1) is 22.7 Å². The van der Waals surface area contributed by atoms with Gasteiger partial charge in [0, 0.05) is 21.3 Å². The second-order valence-electron chi connectivity index (χ2n) is 4.67. The zero-order chi connectivity index (χ0) is 16.9. The van der Waals surface area contributed by atoms with E-state index in [-0.39, 0.29) is 11.4 Å². The molecule has 0 saturated heterocycles. The van der Waals surface area contributed by atoms with Crippen LogP contribution in [0.25, 0.3) is 16.5 Å². The summed E-state index contributed by atoms with van der Waals surface area (Å²) >= 11 is 2.70. The first-order valence-corrected chi connectivity index (χ1v) is 8.54. The summed E-state index contributed by atoms with van der Waals surface area (Å²) in [5, 5.41) is 14.0. The van der Waals surface area contributed by atoms with Gasteiger partial charge in [-0.1, -0.05) is 12.1 Å². The summed E-state index contributed by atoms with van der Waals surface area (Å²) in [5.41, 5.74) is 0.879. The van der Waals surface area contributed by atoms with Crippen LogP contribution in [-0.2, 0) is 4.79 Å². The highest BCUT2D eigenvalue weighted by Gasteiger charge is 2.11. The van der Waals surface area contributed by atoms with Gasteiger partial charge in [-0.2, -0.15) is 5.26 Å². The van der Waals surface area contributed by atoms with Gasteiger partial charge in [0.2, 0.25) is 0 Å². The highest BCUT2D eigenvalue weighted by Crippen LogP contribution is 2.29. The summed E-state index contributed by atoms with van der Waals surface area (Å²) in [6.45, 7) is 0. The molecule has 2 heterocycles. The number of carbonyl (C=O) groups is 1. The molecule has 0 unspecified atom stereocenters. The standard InChI is InChI=1S/C17H10FN3OS2/c18-13-3-1-11(2-4-13)15-6-5-14(24-15)9-12(10-19)16(22)21-17-20-7-8-23-17/h1-9H,(H,20,21,22). The molecule has 3 rings (SSSR count). The Labute approximate surface area is 145 Å². The van der Waals surface area contributed by atoms with Crippen molar-refractivity contribution in [3.8, 4) is 16.5 Å². The van der Waals surface area contributed by atoms with E-state index in [4.69, 9.17) is 0 Å². The van der Waals surface area contributed by atoms with Crippen LogP contribution >= 0.6 is 22.7 Å². The molecule has 7 heteroatoms. The van der Waals surface area contributed by atoms with Crippen LogP contribution in [0.1, 0.15) is 4.88 Å². The van der Waals surface area contributed by atoms with Crippen molar-refractivity contribution in [1.29, 1.82) is 5.26 Å². The summed E-state index contributed by atoms with van der Waals surface area (Å²) in [5.74, 6) is -0.787. The second kappa shape index (κ2) is 7.17. The number of nitrogens with one attached hydrogen (secondary N) is 1. The van der Waals surface area contributed by atoms with Gasteiger partial charge in [0.15, 0.2) is 5.13 Å². The number of anilines is 1. The third kappa shape index (κ3) is 3.74. The van der Waals surface area contributed by atoms with E-state index < -0.39 is 5.91 Å². The molecule has 118 valence electrons. The van der Waals surface area contributed by atoms with Crippen molar-refractivity contribution in [2.24, 2.45) is 0 Å². The van der Waals surface area contributed by atoms with Gasteiger partial charge in [0.25, 0.3) is 5.91 Å². The maximum absolute atomic E-state index is 13.0. The van der Waals surface area contributed by atoms with Crippen LogP contribution in [0.15, 0.2) is 53.5 Å². The van der Waals surface area contributed by atoms with Gasteiger partial charge >= 0.3 is 0 Å². The number of nitriles is 1. The zero-order valence-corrected chi connectivity index (χ0v) is 13.8. The molecule has 0 aliphatic rings. The van der Waals surface area contributed by atoms with E-state index in [1.165, 1.54) is 40.9 Å². The van der Waals surface area contributed by atoms with Crippen molar-refractivity contribution in [2.75, 3.05) is 5.32 Å². The quantitative estimate of drug-likeness (QED) is 0.551. The molecule has 0 bridgehead atoms. The van der Waals surface area contributed by atoms with Crippen molar-refractivity contribution >= 4 is 39.8 Å². The zero-order valence-electron chi connectivity index (χ0n) is 12.2. The van der Waals surface area contributed by atoms with Crippen molar-refractivity contribution in [3.05, 3.63) is 64.2 Å². The molecule has 1 N–H and O–H groups in total. The average Bonchev–Trinajstić information content (AvgIpc) is 3.25. The number of benzene rings is 1. The summed E-state index contributed by atoms with van der Waals surface area (Å²) < 4.78 is 13.0. The van der Waals surface area contributed by atoms with Gasteiger partial charge in [-0.05, 0) is 35.9 Å². The molecule has 0 radical (unpaired) electrons. The summed E-state index contributed by atoms with van der Waals surface area (Å²) in [6.07, 6.45) is 3.10. The maximum Gasteiger partial charge on any atom is 0.268 e. The molecular weight excluding hydrogens is 345 g/mol. The van der Waals surface area contributed by atoms with Gasteiger partial charge in [0.05, 0.1) is 0 Å². The Morgan fingerprint density at radius 2 is 2.04 bits per heavy atom. The fourth-order valence-corrected chi connectivity index (χ4v) is 3.42. The molecule has 1 aromatic carbocycles. The number of thiophene rings is 1. The molecule has 0 aliphatic heterocycles. The smallest absolute Gasteiger partial charge is 0.268 e. The van der Waals surface area contributed by atoms with E-state index in [2.05, 4.69) is 10.3 Å². The topological polar surface area (TPSA) is 65.8 Å². The molecule has 0 saturated carbocycles. The lowest BCUT2D eigenvalue weighted by molar-refractivity contribution is -0.112. The monoisotopic (exact) mass is 355 g/mol. The molecule has 4 nitrogen and oxygen atoms in total. The Kier molecular flexibility index (Phi) is 4.79. The summed E-state index contributed by atoms with van der Waals surface area (Å²) in [7, 11) is 0. The first kappa shape index (κ1) is 16.1. The summed E-state index contributed by atoms with van der Waals surface area (Å²) in [4.78, 5) is 17.7. The van der Waals surface area contributed by atoms with Gasteiger partial charge in [-0.25, -0.2) is 9.37 Å². The van der Waals surface area contributed by atoms with E-state index in [1.54, 1.807) is 23.7 Å². The van der Waals surface area contributed by atoms with Crippen LogP contribution in [0.3, 0.4) is 0 Å². The Balaban J connectivity index is 1.80. The lowest BCUT2D eigenvalue weighted by Crippen LogP contribution is -2.12. The number of hydrogen-bond donors (Lipinski definition) is 1. The third-order valence-electron chi connectivity index (χ3n) is 3.06. The Morgan fingerprint density at radius 1 is 1.25 bits per heavy atom. The Hall–Kier alpha value is -2.82. The minimum atomic E-state index is -0.496. The van der Waals surface area contributed by atoms with E-state index in [9.17, 15) is 14.4 Å². The van der Waals surface area contributed by atoms with Crippen LogP contribution in [0.5, 0.6) is 0 Å². The molecule has 0 atom stereocenters. The number of halogens is 1. The first-order chi connectivity index (χ1) is 11.7. The number of hydrogen-bond acceptors (Lipinski definition) is 5. The molecule has 0 aliphatic carbocycles. The SMILES string of the molecule is N#CC(=Cc1ccc(-c2ccc(F)cc2)s1)C(=O)Nc1nccs1. The lowest BCUT2D eigenvalue weighted by atomic mass is 10.2.